The summed E-state index contributed by atoms with van der Waals surface area (Å²) in [5.74, 6) is -0.280. The number of hydrogen-bond donors (Lipinski definition) is 2. The number of nitriles is 1. The van der Waals surface area contributed by atoms with Crippen molar-refractivity contribution in [2.75, 3.05) is 17.2 Å². The molecule has 2 aromatic rings. The van der Waals surface area contributed by atoms with Crippen molar-refractivity contribution >= 4 is 17.3 Å². The molecule has 8 heteroatoms. The SMILES string of the molecule is CC(Nc1ccc(OCC(F)(F)F)cc1)C(=O)Nc1ccccc1C#N. The van der Waals surface area contributed by atoms with E-state index in [0.29, 0.717) is 16.9 Å². The second kappa shape index (κ2) is 8.25. The van der Waals surface area contributed by atoms with Gasteiger partial charge in [0, 0.05) is 5.69 Å². The molecule has 2 N–H and O–H groups in total. The van der Waals surface area contributed by atoms with Crippen LogP contribution in [0.25, 0.3) is 0 Å². The number of halogens is 3. The minimum absolute atomic E-state index is 0.0768. The summed E-state index contributed by atoms with van der Waals surface area (Å²) in [7, 11) is 0. The molecular formula is C18H16F3N3O2. The van der Waals surface area contributed by atoms with E-state index in [1.165, 1.54) is 24.3 Å². The summed E-state index contributed by atoms with van der Waals surface area (Å²) in [4.78, 5) is 12.2. The summed E-state index contributed by atoms with van der Waals surface area (Å²) < 4.78 is 41.0. The van der Waals surface area contributed by atoms with Gasteiger partial charge >= 0.3 is 6.18 Å². The Hall–Kier alpha value is -3.21. The van der Waals surface area contributed by atoms with Crippen molar-refractivity contribution in [2.45, 2.75) is 19.1 Å². The van der Waals surface area contributed by atoms with Gasteiger partial charge in [0.15, 0.2) is 6.61 Å². The van der Waals surface area contributed by atoms with Crippen molar-refractivity contribution in [1.29, 1.82) is 5.26 Å². The van der Waals surface area contributed by atoms with Crippen LogP contribution in [0.3, 0.4) is 0 Å². The van der Waals surface area contributed by atoms with Gasteiger partial charge in [-0.25, -0.2) is 0 Å². The maximum atomic E-state index is 12.2. The molecule has 0 aliphatic carbocycles. The van der Waals surface area contributed by atoms with Gasteiger partial charge in [0.2, 0.25) is 5.91 Å². The largest absolute Gasteiger partial charge is 0.484 e. The van der Waals surface area contributed by atoms with Crippen LogP contribution in [0.1, 0.15) is 12.5 Å². The van der Waals surface area contributed by atoms with Gasteiger partial charge in [0.05, 0.1) is 11.3 Å². The summed E-state index contributed by atoms with van der Waals surface area (Å²) in [6.07, 6.45) is -4.40. The summed E-state index contributed by atoms with van der Waals surface area (Å²) in [5, 5.41) is 14.6. The van der Waals surface area contributed by atoms with Crippen LogP contribution in [0.15, 0.2) is 48.5 Å². The van der Waals surface area contributed by atoms with E-state index in [0.717, 1.165) is 0 Å². The van der Waals surface area contributed by atoms with Gasteiger partial charge in [-0.3, -0.25) is 4.79 Å². The standard InChI is InChI=1S/C18H16F3N3O2/c1-12(17(25)24-16-5-3-2-4-13(16)10-22)23-14-6-8-15(9-7-14)26-11-18(19,20)21/h2-9,12,23H,11H2,1H3,(H,24,25). The summed E-state index contributed by atoms with van der Waals surface area (Å²) in [5.41, 5.74) is 1.30. The van der Waals surface area contributed by atoms with Crippen LogP contribution < -0.4 is 15.4 Å². The van der Waals surface area contributed by atoms with Crippen molar-refractivity contribution in [3.63, 3.8) is 0 Å². The van der Waals surface area contributed by atoms with E-state index in [1.54, 1.807) is 31.2 Å². The van der Waals surface area contributed by atoms with Crippen molar-refractivity contribution in [1.82, 2.24) is 0 Å². The third kappa shape index (κ3) is 5.70. The van der Waals surface area contributed by atoms with Crippen LogP contribution in [0.5, 0.6) is 5.75 Å². The lowest BCUT2D eigenvalue weighted by Gasteiger charge is -2.16. The third-order valence-corrected chi connectivity index (χ3v) is 3.34. The van der Waals surface area contributed by atoms with E-state index in [-0.39, 0.29) is 11.7 Å². The second-order valence-electron chi connectivity index (χ2n) is 5.44. The first-order valence-corrected chi connectivity index (χ1v) is 7.64. The number of nitrogens with zero attached hydrogens (tertiary/aromatic N) is 1. The van der Waals surface area contributed by atoms with Crippen LogP contribution in [-0.4, -0.2) is 24.7 Å². The molecule has 136 valence electrons. The Bertz CT molecular complexity index is 799. The van der Waals surface area contributed by atoms with Crippen molar-refractivity contribution < 1.29 is 22.7 Å². The molecule has 2 rings (SSSR count). The highest BCUT2D eigenvalue weighted by atomic mass is 19.4. The highest BCUT2D eigenvalue weighted by molar-refractivity contribution is 5.97. The summed E-state index contributed by atoms with van der Waals surface area (Å²) in [6.45, 7) is 0.259. The Morgan fingerprint density at radius 2 is 1.85 bits per heavy atom. The molecule has 0 aliphatic heterocycles. The summed E-state index contributed by atoms with van der Waals surface area (Å²) in [6, 6.07) is 13.7. The third-order valence-electron chi connectivity index (χ3n) is 3.34. The van der Waals surface area contributed by atoms with E-state index in [1.807, 2.05) is 6.07 Å². The Kier molecular flexibility index (Phi) is 6.07. The highest BCUT2D eigenvalue weighted by Gasteiger charge is 2.28. The van der Waals surface area contributed by atoms with Crippen molar-refractivity contribution in [3.05, 3.63) is 54.1 Å². The Balaban J connectivity index is 1.93. The molecule has 0 heterocycles. The summed E-state index contributed by atoms with van der Waals surface area (Å²) >= 11 is 0. The molecule has 0 spiro atoms. The lowest BCUT2D eigenvalue weighted by molar-refractivity contribution is -0.153. The fourth-order valence-corrected chi connectivity index (χ4v) is 2.06. The maximum Gasteiger partial charge on any atom is 0.422 e. The zero-order chi connectivity index (χ0) is 19.2. The zero-order valence-electron chi connectivity index (χ0n) is 13.8. The smallest absolute Gasteiger partial charge is 0.422 e. The highest BCUT2D eigenvalue weighted by Crippen LogP contribution is 2.21. The minimum Gasteiger partial charge on any atom is -0.484 e. The van der Waals surface area contributed by atoms with E-state index in [4.69, 9.17) is 5.26 Å². The lowest BCUT2D eigenvalue weighted by atomic mass is 10.2. The van der Waals surface area contributed by atoms with E-state index in [9.17, 15) is 18.0 Å². The number of anilines is 2. The van der Waals surface area contributed by atoms with Crippen LogP contribution >= 0.6 is 0 Å². The average molecular weight is 363 g/mol. The first-order valence-electron chi connectivity index (χ1n) is 7.64. The number of benzene rings is 2. The molecule has 0 radical (unpaired) electrons. The predicted molar refractivity (Wildman–Crippen MR) is 90.9 cm³/mol. The fraction of sp³-hybridized carbons (Fsp3) is 0.222. The van der Waals surface area contributed by atoms with Gasteiger partial charge in [0.1, 0.15) is 17.9 Å². The predicted octanol–water partition coefficient (Wildman–Crippen LogP) is 3.94. The minimum atomic E-state index is -4.40. The maximum absolute atomic E-state index is 12.2. The van der Waals surface area contributed by atoms with Gasteiger partial charge in [-0.1, -0.05) is 12.1 Å². The van der Waals surface area contributed by atoms with E-state index in [2.05, 4.69) is 15.4 Å². The fourth-order valence-electron chi connectivity index (χ4n) is 2.06. The second-order valence-corrected chi connectivity index (χ2v) is 5.44. The van der Waals surface area contributed by atoms with Crippen LogP contribution in [0.4, 0.5) is 24.5 Å². The first kappa shape index (κ1) is 19.1. The zero-order valence-corrected chi connectivity index (χ0v) is 13.8. The van der Waals surface area contributed by atoms with Crippen molar-refractivity contribution in [3.8, 4) is 11.8 Å². The molecule has 1 atom stereocenters. The number of amides is 1. The Labute approximate surface area is 148 Å². The molecule has 26 heavy (non-hydrogen) atoms. The molecule has 0 saturated heterocycles. The monoisotopic (exact) mass is 363 g/mol. The van der Waals surface area contributed by atoms with Gasteiger partial charge in [-0.05, 0) is 43.3 Å². The number of nitrogens with one attached hydrogen (secondary N) is 2. The van der Waals surface area contributed by atoms with Gasteiger partial charge in [0.25, 0.3) is 0 Å². The molecule has 0 saturated carbocycles. The van der Waals surface area contributed by atoms with Gasteiger partial charge in [-0.15, -0.1) is 0 Å². The number of ether oxygens (including phenoxy) is 1. The number of rotatable bonds is 6. The molecule has 0 bridgehead atoms. The van der Waals surface area contributed by atoms with Gasteiger partial charge < -0.3 is 15.4 Å². The molecule has 1 unspecified atom stereocenters. The normalized spacial score (nSPS) is 12.0. The quantitative estimate of drug-likeness (QED) is 0.815. The lowest BCUT2D eigenvalue weighted by Crippen LogP contribution is -2.32. The Morgan fingerprint density at radius 3 is 2.46 bits per heavy atom. The van der Waals surface area contributed by atoms with Gasteiger partial charge in [-0.2, -0.15) is 18.4 Å². The van der Waals surface area contributed by atoms with Crippen LogP contribution in [-0.2, 0) is 4.79 Å². The molecule has 0 aromatic heterocycles. The number of carbonyl (C=O) groups is 1. The molecular weight excluding hydrogens is 347 g/mol. The molecule has 1 amide bonds. The molecule has 2 aromatic carbocycles. The Morgan fingerprint density at radius 1 is 1.19 bits per heavy atom. The van der Waals surface area contributed by atoms with Crippen LogP contribution in [0.2, 0.25) is 0 Å². The number of para-hydroxylation sites is 1. The topological polar surface area (TPSA) is 74.2 Å². The number of hydrogen-bond acceptors (Lipinski definition) is 4. The number of alkyl halides is 3. The molecule has 5 nitrogen and oxygen atoms in total. The average Bonchev–Trinajstić information content (AvgIpc) is 2.61. The molecule has 0 fully saturated rings. The molecule has 0 aliphatic rings. The number of carbonyl (C=O) groups excluding carboxylic acids is 1. The van der Waals surface area contributed by atoms with E-state index < -0.39 is 18.8 Å². The van der Waals surface area contributed by atoms with Crippen LogP contribution in [0, 0.1) is 11.3 Å². The van der Waals surface area contributed by atoms with E-state index >= 15 is 0 Å². The first-order chi connectivity index (χ1) is 12.3. The van der Waals surface area contributed by atoms with Crippen molar-refractivity contribution in [2.24, 2.45) is 0 Å².